The Kier molecular flexibility index (Phi) is 4.42. The van der Waals surface area contributed by atoms with Gasteiger partial charge in [0.2, 0.25) is 0 Å². The molecule has 2 aromatic carbocycles. The van der Waals surface area contributed by atoms with Crippen molar-refractivity contribution in [2.24, 2.45) is 0 Å². The van der Waals surface area contributed by atoms with Crippen LogP contribution in [0.25, 0.3) is 0 Å². The molecule has 2 rings (SSSR count). The number of nitrogens with two attached hydrogens (primary N) is 1. The van der Waals surface area contributed by atoms with E-state index >= 15 is 0 Å². The van der Waals surface area contributed by atoms with Crippen molar-refractivity contribution in [2.45, 2.75) is 13.8 Å². The zero-order valence-corrected chi connectivity index (χ0v) is 11.9. The van der Waals surface area contributed by atoms with Crippen LogP contribution in [0, 0.1) is 19.7 Å². The first-order valence-electron chi connectivity index (χ1n) is 6.50. The Hall–Kier alpha value is -2.56. The average molecular weight is 288 g/mol. The highest BCUT2D eigenvalue weighted by Crippen LogP contribution is 2.19. The summed E-state index contributed by atoms with van der Waals surface area (Å²) in [5.41, 5.74) is 8.69. The Morgan fingerprint density at radius 3 is 2.62 bits per heavy atom. The van der Waals surface area contributed by atoms with Crippen molar-refractivity contribution in [3.63, 3.8) is 0 Å². The number of carbonyl (C=O) groups is 1. The molecule has 0 unspecified atom stereocenters. The Bertz CT molecular complexity index is 671. The smallest absolute Gasteiger partial charge is 0.262 e. The summed E-state index contributed by atoms with van der Waals surface area (Å²) in [7, 11) is 0. The highest BCUT2D eigenvalue weighted by atomic mass is 19.1. The summed E-state index contributed by atoms with van der Waals surface area (Å²) >= 11 is 0. The Labute approximate surface area is 122 Å². The number of nitrogen functional groups attached to an aromatic ring is 1. The second kappa shape index (κ2) is 6.26. The van der Waals surface area contributed by atoms with E-state index < -0.39 is 5.82 Å². The van der Waals surface area contributed by atoms with E-state index in [9.17, 15) is 9.18 Å². The van der Waals surface area contributed by atoms with Gasteiger partial charge in [0.1, 0.15) is 11.6 Å². The molecule has 110 valence electrons. The number of amides is 1. The van der Waals surface area contributed by atoms with Crippen LogP contribution in [0.1, 0.15) is 11.1 Å². The van der Waals surface area contributed by atoms with Gasteiger partial charge in [-0.2, -0.15) is 0 Å². The Balaban J connectivity index is 1.95. The van der Waals surface area contributed by atoms with Gasteiger partial charge in [0.05, 0.1) is 0 Å². The number of hydrogen-bond donors (Lipinski definition) is 2. The SMILES string of the molecule is Cc1ccc(NC(=O)COc2cc(F)ccc2C)cc1N. The molecule has 0 saturated carbocycles. The molecule has 0 aromatic heterocycles. The van der Waals surface area contributed by atoms with E-state index in [0.29, 0.717) is 17.1 Å². The molecular formula is C16H17FN2O2. The van der Waals surface area contributed by atoms with Crippen LogP contribution in [0.4, 0.5) is 15.8 Å². The van der Waals surface area contributed by atoms with Crippen LogP contribution in [0.15, 0.2) is 36.4 Å². The van der Waals surface area contributed by atoms with Crippen molar-refractivity contribution >= 4 is 17.3 Å². The van der Waals surface area contributed by atoms with Crippen LogP contribution >= 0.6 is 0 Å². The minimum Gasteiger partial charge on any atom is -0.483 e. The number of aryl methyl sites for hydroxylation is 2. The van der Waals surface area contributed by atoms with Crippen molar-refractivity contribution in [3.05, 3.63) is 53.3 Å². The first-order valence-corrected chi connectivity index (χ1v) is 6.50. The van der Waals surface area contributed by atoms with E-state index in [-0.39, 0.29) is 12.5 Å². The maximum atomic E-state index is 13.1. The molecule has 0 aliphatic heterocycles. The lowest BCUT2D eigenvalue weighted by molar-refractivity contribution is -0.118. The van der Waals surface area contributed by atoms with Gasteiger partial charge in [-0.05, 0) is 43.2 Å². The molecule has 4 nitrogen and oxygen atoms in total. The van der Waals surface area contributed by atoms with Gasteiger partial charge in [-0.3, -0.25) is 4.79 Å². The zero-order valence-electron chi connectivity index (χ0n) is 11.9. The lowest BCUT2D eigenvalue weighted by Crippen LogP contribution is -2.20. The van der Waals surface area contributed by atoms with Gasteiger partial charge in [0, 0.05) is 17.4 Å². The first-order chi connectivity index (χ1) is 9.95. The van der Waals surface area contributed by atoms with Crippen LogP contribution in [-0.2, 0) is 4.79 Å². The van der Waals surface area contributed by atoms with Crippen molar-refractivity contribution in [2.75, 3.05) is 17.7 Å². The van der Waals surface area contributed by atoms with Gasteiger partial charge in [-0.25, -0.2) is 4.39 Å². The lowest BCUT2D eigenvalue weighted by Gasteiger charge is -2.10. The van der Waals surface area contributed by atoms with E-state index in [4.69, 9.17) is 10.5 Å². The van der Waals surface area contributed by atoms with Crippen LogP contribution in [0.5, 0.6) is 5.75 Å². The van der Waals surface area contributed by atoms with Crippen LogP contribution in [0.2, 0.25) is 0 Å². The summed E-state index contributed by atoms with van der Waals surface area (Å²) in [6.45, 7) is 3.47. The molecule has 0 spiro atoms. The summed E-state index contributed by atoms with van der Waals surface area (Å²) < 4.78 is 18.4. The van der Waals surface area contributed by atoms with Crippen molar-refractivity contribution in [3.8, 4) is 5.75 Å². The summed E-state index contributed by atoms with van der Waals surface area (Å²) in [6, 6.07) is 9.47. The molecular weight excluding hydrogens is 271 g/mol. The largest absolute Gasteiger partial charge is 0.483 e. The molecule has 21 heavy (non-hydrogen) atoms. The van der Waals surface area contributed by atoms with Crippen molar-refractivity contribution in [1.29, 1.82) is 0 Å². The number of benzene rings is 2. The molecule has 0 radical (unpaired) electrons. The standard InChI is InChI=1S/C16H17FN2O2/c1-10-4-6-13(8-14(10)18)19-16(20)9-21-15-7-12(17)5-3-11(15)2/h3-8H,9,18H2,1-2H3,(H,19,20). The molecule has 0 atom stereocenters. The molecule has 0 aliphatic rings. The molecule has 2 aromatic rings. The monoisotopic (exact) mass is 288 g/mol. The summed E-state index contributed by atoms with van der Waals surface area (Å²) in [6.07, 6.45) is 0. The van der Waals surface area contributed by atoms with Crippen LogP contribution in [0.3, 0.4) is 0 Å². The van der Waals surface area contributed by atoms with Gasteiger partial charge in [-0.1, -0.05) is 12.1 Å². The van der Waals surface area contributed by atoms with Crippen LogP contribution in [-0.4, -0.2) is 12.5 Å². The van der Waals surface area contributed by atoms with E-state index in [0.717, 1.165) is 11.1 Å². The highest BCUT2D eigenvalue weighted by molar-refractivity contribution is 5.92. The van der Waals surface area contributed by atoms with E-state index in [1.54, 1.807) is 25.1 Å². The quantitative estimate of drug-likeness (QED) is 0.850. The summed E-state index contributed by atoms with van der Waals surface area (Å²) in [5, 5.41) is 2.68. The topological polar surface area (TPSA) is 64.3 Å². The van der Waals surface area contributed by atoms with Crippen molar-refractivity contribution in [1.82, 2.24) is 0 Å². The van der Waals surface area contributed by atoms with Gasteiger partial charge in [0.25, 0.3) is 5.91 Å². The number of hydrogen-bond acceptors (Lipinski definition) is 3. The minimum atomic E-state index is -0.401. The molecule has 0 bridgehead atoms. The molecule has 0 saturated heterocycles. The Morgan fingerprint density at radius 2 is 1.90 bits per heavy atom. The lowest BCUT2D eigenvalue weighted by atomic mass is 10.2. The normalized spacial score (nSPS) is 10.2. The second-order valence-electron chi connectivity index (χ2n) is 4.82. The number of halogens is 1. The third kappa shape index (κ3) is 3.95. The van der Waals surface area contributed by atoms with Gasteiger partial charge in [-0.15, -0.1) is 0 Å². The van der Waals surface area contributed by atoms with Crippen molar-refractivity contribution < 1.29 is 13.9 Å². The summed E-state index contributed by atoms with van der Waals surface area (Å²) in [4.78, 5) is 11.8. The number of rotatable bonds is 4. The number of nitrogens with one attached hydrogen (secondary N) is 1. The minimum absolute atomic E-state index is 0.196. The third-order valence-electron chi connectivity index (χ3n) is 3.07. The fourth-order valence-corrected chi connectivity index (χ4v) is 1.79. The fourth-order valence-electron chi connectivity index (χ4n) is 1.79. The Morgan fingerprint density at radius 1 is 1.19 bits per heavy atom. The van der Waals surface area contributed by atoms with E-state index in [1.165, 1.54) is 12.1 Å². The molecule has 0 heterocycles. The zero-order chi connectivity index (χ0) is 15.4. The number of carbonyl (C=O) groups excluding carboxylic acids is 1. The fraction of sp³-hybridized carbons (Fsp3) is 0.188. The molecule has 0 aliphatic carbocycles. The van der Waals surface area contributed by atoms with Gasteiger partial charge < -0.3 is 15.8 Å². The van der Waals surface area contributed by atoms with Crippen LogP contribution < -0.4 is 15.8 Å². The molecule has 0 fully saturated rings. The number of anilines is 2. The predicted octanol–water partition coefficient (Wildman–Crippen LogP) is 3.04. The maximum Gasteiger partial charge on any atom is 0.262 e. The highest BCUT2D eigenvalue weighted by Gasteiger charge is 2.07. The molecule has 3 N–H and O–H groups in total. The third-order valence-corrected chi connectivity index (χ3v) is 3.07. The first kappa shape index (κ1) is 14.8. The van der Waals surface area contributed by atoms with Gasteiger partial charge in [0.15, 0.2) is 6.61 Å². The van der Waals surface area contributed by atoms with Gasteiger partial charge >= 0.3 is 0 Å². The summed E-state index contributed by atoms with van der Waals surface area (Å²) in [5.74, 6) is -0.377. The maximum absolute atomic E-state index is 13.1. The average Bonchev–Trinajstić information content (AvgIpc) is 2.44. The second-order valence-corrected chi connectivity index (χ2v) is 4.82. The number of ether oxygens (including phenoxy) is 1. The molecule has 1 amide bonds. The molecule has 5 heteroatoms. The van der Waals surface area contributed by atoms with E-state index in [2.05, 4.69) is 5.32 Å². The predicted molar refractivity (Wildman–Crippen MR) is 80.9 cm³/mol. The van der Waals surface area contributed by atoms with E-state index in [1.807, 2.05) is 13.0 Å².